The fourth-order valence-electron chi connectivity index (χ4n) is 4.25. The molecule has 2 saturated heterocycles. The Morgan fingerprint density at radius 2 is 1.64 bits per heavy atom. The number of ether oxygens (including phenoxy) is 1. The summed E-state index contributed by atoms with van der Waals surface area (Å²) in [6, 6.07) is 16.3. The lowest BCUT2D eigenvalue weighted by atomic mass is 10.0. The zero-order valence-corrected chi connectivity index (χ0v) is 17.7. The summed E-state index contributed by atoms with van der Waals surface area (Å²) in [6.45, 7) is 4.55. The molecule has 2 aromatic carbocycles. The summed E-state index contributed by atoms with van der Waals surface area (Å²) in [7, 11) is 0. The molecule has 0 radical (unpaired) electrons. The lowest BCUT2D eigenvalue weighted by Crippen LogP contribution is -2.45. The van der Waals surface area contributed by atoms with Gasteiger partial charge in [0.05, 0.1) is 5.56 Å². The molecule has 2 aromatic rings. The van der Waals surface area contributed by atoms with E-state index in [4.69, 9.17) is 4.74 Å². The molecule has 2 fully saturated rings. The van der Waals surface area contributed by atoms with Crippen molar-refractivity contribution in [3.05, 3.63) is 64.1 Å². The van der Waals surface area contributed by atoms with E-state index in [1.165, 1.54) is 25.9 Å². The normalized spacial score (nSPS) is 18.4. The van der Waals surface area contributed by atoms with Gasteiger partial charge < -0.3 is 14.5 Å². The number of piperidine rings is 1. The van der Waals surface area contributed by atoms with E-state index in [0.29, 0.717) is 24.0 Å². The van der Waals surface area contributed by atoms with E-state index in [9.17, 15) is 4.79 Å². The quantitative estimate of drug-likeness (QED) is 0.670. The third kappa shape index (κ3) is 4.41. The largest absolute Gasteiger partial charge is 0.488 e. The van der Waals surface area contributed by atoms with Crippen LogP contribution in [-0.4, -0.2) is 47.9 Å². The van der Waals surface area contributed by atoms with Crippen molar-refractivity contribution in [1.82, 2.24) is 9.80 Å². The summed E-state index contributed by atoms with van der Waals surface area (Å²) < 4.78 is 7.05. The number of nitrogens with zero attached hydrogens (tertiary/aromatic N) is 2. The van der Waals surface area contributed by atoms with Crippen LogP contribution < -0.4 is 4.74 Å². The summed E-state index contributed by atoms with van der Waals surface area (Å²) in [5, 5.41) is 0. The average Bonchev–Trinajstić information content (AvgIpc) is 3.28. The van der Waals surface area contributed by atoms with Crippen LogP contribution in [0, 0.1) is 0 Å². The van der Waals surface area contributed by atoms with E-state index in [1.54, 1.807) is 0 Å². The van der Waals surface area contributed by atoms with Crippen molar-refractivity contribution in [3.8, 4) is 5.75 Å². The molecule has 4 rings (SSSR count). The molecule has 28 heavy (non-hydrogen) atoms. The minimum Gasteiger partial charge on any atom is -0.488 e. The van der Waals surface area contributed by atoms with Gasteiger partial charge in [0.2, 0.25) is 0 Å². The first-order chi connectivity index (χ1) is 13.7. The van der Waals surface area contributed by atoms with Gasteiger partial charge in [0, 0.05) is 29.2 Å². The fraction of sp³-hybridized carbons (Fsp3) is 0.435. The highest BCUT2D eigenvalue weighted by Crippen LogP contribution is 2.26. The zero-order chi connectivity index (χ0) is 19.3. The van der Waals surface area contributed by atoms with E-state index < -0.39 is 0 Å². The molecule has 2 aliphatic rings. The number of rotatable bonds is 5. The number of carbonyl (C=O) groups excluding carboxylic acids is 1. The molecule has 2 heterocycles. The Morgan fingerprint density at radius 3 is 2.39 bits per heavy atom. The molecule has 1 amide bonds. The molecule has 0 atom stereocenters. The molecule has 0 aromatic heterocycles. The van der Waals surface area contributed by atoms with E-state index in [2.05, 4.69) is 20.8 Å². The Hall–Kier alpha value is -1.85. The SMILES string of the molecule is O=C(c1ccccc1OCc1ccccc1Br)N1CCC(N2CCCC2)CC1. The van der Waals surface area contributed by atoms with Gasteiger partial charge >= 0.3 is 0 Å². The van der Waals surface area contributed by atoms with Crippen LogP contribution in [0.3, 0.4) is 0 Å². The second kappa shape index (κ2) is 9.10. The molecule has 148 valence electrons. The molecule has 0 N–H and O–H groups in total. The van der Waals surface area contributed by atoms with Crippen LogP contribution in [0.1, 0.15) is 41.6 Å². The molecule has 4 nitrogen and oxygen atoms in total. The van der Waals surface area contributed by atoms with E-state index in [-0.39, 0.29) is 5.91 Å². The first kappa shape index (κ1) is 19.5. The molecule has 0 bridgehead atoms. The molecule has 0 spiro atoms. The number of para-hydroxylation sites is 1. The Kier molecular flexibility index (Phi) is 6.33. The van der Waals surface area contributed by atoms with Crippen LogP contribution in [0.2, 0.25) is 0 Å². The van der Waals surface area contributed by atoms with Crippen molar-refractivity contribution >= 4 is 21.8 Å². The van der Waals surface area contributed by atoms with Crippen molar-refractivity contribution in [2.75, 3.05) is 26.2 Å². The minimum absolute atomic E-state index is 0.0857. The molecule has 0 saturated carbocycles. The van der Waals surface area contributed by atoms with Crippen molar-refractivity contribution in [3.63, 3.8) is 0 Å². The van der Waals surface area contributed by atoms with Gasteiger partial charge in [0.15, 0.2) is 0 Å². The maximum atomic E-state index is 13.1. The monoisotopic (exact) mass is 442 g/mol. The molecule has 5 heteroatoms. The summed E-state index contributed by atoms with van der Waals surface area (Å²) >= 11 is 3.55. The molecular formula is C23H27BrN2O2. The van der Waals surface area contributed by atoms with E-state index in [1.807, 2.05) is 53.4 Å². The first-order valence-corrected chi connectivity index (χ1v) is 11.0. The maximum absolute atomic E-state index is 13.1. The Bertz CT molecular complexity index is 812. The van der Waals surface area contributed by atoms with Crippen LogP contribution in [-0.2, 0) is 6.61 Å². The first-order valence-electron chi connectivity index (χ1n) is 10.2. The summed E-state index contributed by atoms with van der Waals surface area (Å²) in [5.41, 5.74) is 1.73. The lowest BCUT2D eigenvalue weighted by molar-refractivity contribution is 0.0640. The molecular weight excluding hydrogens is 416 g/mol. The van der Waals surface area contributed by atoms with Gasteiger partial charge in [-0.25, -0.2) is 0 Å². The second-order valence-electron chi connectivity index (χ2n) is 7.64. The van der Waals surface area contributed by atoms with Crippen LogP contribution in [0.5, 0.6) is 5.75 Å². The van der Waals surface area contributed by atoms with Crippen LogP contribution in [0.15, 0.2) is 53.0 Å². The van der Waals surface area contributed by atoms with Gasteiger partial charge in [0.1, 0.15) is 12.4 Å². The standard InChI is InChI=1S/C23H27BrN2O2/c24-21-9-3-1-7-18(21)17-28-22-10-4-2-8-20(22)23(27)26-15-11-19(12-16-26)25-13-5-6-14-25/h1-4,7-10,19H,5-6,11-17H2. The van der Waals surface area contributed by atoms with Crippen molar-refractivity contribution in [1.29, 1.82) is 0 Å². The zero-order valence-electron chi connectivity index (χ0n) is 16.1. The third-order valence-electron chi connectivity index (χ3n) is 5.87. The fourth-order valence-corrected chi connectivity index (χ4v) is 4.65. The summed E-state index contributed by atoms with van der Waals surface area (Å²) in [5.74, 6) is 0.743. The van der Waals surface area contributed by atoms with Crippen molar-refractivity contribution < 1.29 is 9.53 Å². The van der Waals surface area contributed by atoms with Gasteiger partial charge in [-0.3, -0.25) is 4.79 Å². The molecule has 2 aliphatic heterocycles. The number of hydrogen-bond donors (Lipinski definition) is 0. The Balaban J connectivity index is 1.40. The van der Waals surface area contributed by atoms with Crippen molar-refractivity contribution in [2.45, 2.75) is 38.3 Å². The van der Waals surface area contributed by atoms with E-state index >= 15 is 0 Å². The topological polar surface area (TPSA) is 32.8 Å². The third-order valence-corrected chi connectivity index (χ3v) is 6.64. The minimum atomic E-state index is 0.0857. The average molecular weight is 443 g/mol. The number of halogens is 1. The molecule has 0 unspecified atom stereocenters. The Morgan fingerprint density at radius 1 is 0.964 bits per heavy atom. The van der Waals surface area contributed by atoms with Gasteiger partial charge in [-0.1, -0.05) is 46.3 Å². The van der Waals surface area contributed by atoms with Gasteiger partial charge in [-0.2, -0.15) is 0 Å². The highest BCUT2D eigenvalue weighted by atomic mass is 79.9. The molecule has 0 aliphatic carbocycles. The summed E-state index contributed by atoms with van der Waals surface area (Å²) in [4.78, 5) is 17.8. The lowest BCUT2D eigenvalue weighted by Gasteiger charge is -2.36. The summed E-state index contributed by atoms with van der Waals surface area (Å²) in [6.07, 6.45) is 4.79. The number of hydrogen-bond acceptors (Lipinski definition) is 3. The maximum Gasteiger partial charge on any atom is 0.257 e. The highest BCUT2D eigenvalue weighted by molar-refractivity contribution is 9.10. The van der Waals surface area contributed by atoms with Crippen molar-refractivity contribution in [2.24, 2.45) is 0 Å². The van der Waals surface area contributed by atoms with Gasteiger partial charge in [-0.05, 0) is 57.0 Å². The number of carbonyl (C=O) groups is 1. The predicted octanol–water partition coefficient (Wildman–Crippen LogP) is 4.73. The number of amides is 1. The smallest absolute Gasteiger partial charge is 0.257 e. The van der Waals surface area contributed by atoms with Crippen LogP contribution in [0.25, 0.3) is 0 Å². The highest BCUT2D eigenvalue weighted by Gasteiger charge is 2.29. The van der Waals surface area contributed by atoms with Crippen LogP contribution in [0.4, 0.5) is 0 Å². The Labute approximate surface area is 175 Å². The van der Waals surface area contributed by atoms with E-state index in [0.717, 1.165) is 36.0 Å². The number of benzene rings is 2. The van der Waals surface area contributed by atoms with Gasteiger partial charge in [-0.15, -0.1) is 0 Å². The number of likely N-dealkylation sites (tertiary alicyclic amines) is 2. The van der Waals surface area contributed by atoms with Crippen LogP contribution >= 0.6 is 15.9 Å². The van der Waals surface area contributed by atoms with Gasteiger partial charge in [0.25, 0.3) is 5.91 Å². The predicted molar refractivity (Wildman–Crippen MR) is 115 cm³/mol. The second-order valence-corrected chi connectivity index (χ2v) is 8.50.